The van der Waals surface area contributed by atoms with Crippen molar-refractivity contribution in [2.45, 2.75) is 0 Å². The zero-order valence-electron chi connectivity index (χ0n) is 12.2. The summed E-state index contributed by atoms with van der Waals surface area (Å²) in [5.41, 5.74) is 0.346. The monoisotopic (exact) mass is 334 g/mol. The van der Waals surface area contributed by atoms with E-state index in [0.717, 1.165) is 0 Å². The van der Waals surface area contributed by atoms with Crippen LogP contribution in [0.1, 0.15) is 10.4 Å². The predicted octanol–water partition coefficient (Wildman–Crippen LogP) is 2.09. The van der Waals surface area contributed by atoms with Gasteiger partial charge in [0.1, 0.15) is 12.4 Å². The molecule has 1 amide bonds. The second-order valence-corrected chi connectivity index (χ2v) is 4.90. The first kappa shape index (κ1) is 16.8. The van der Waals surface area contributed by atoms with Gasteiger partial charge in [-0.15, -0.1) is 0 Å². The van der Waals surface area contributed by atoms with E-state index in [4.69, 9.17) is 21.1 Å². The first-order chi connectivity index (χ1) is 11.1. The van der Waals surface area contributed by atoms with Crippen molar-refractivity contribution in [2.75, 3.05) is 19.8 Å². The molecule has 2 aromatic rings. The molecule has 1 aromatic carbocycles. The second kappa shape index (κ2) is 8.75. The van der Waals surface area contributed by atoms with Gasteiger partial charge in [-0.3, -0.25) is 9.78 Å². The van der Waals surface area contributed by atoms with Crippen LogP contribution < -0.4 is 10.1 Å². The number of carbonyl (C=O) groups is 2. The summed E-state index contributed by atoms with van der Waals surface area (Å²) < 4.78 is 10.3. The molecule has 6 nitrogen and oxygen atoms in total. The Hall–Kier alpha value is -2.60. The molecule has 0 aliphatic rings. The fraction of sp³-hybridized carbons (Fsp3) is 0.188. The van der Waals surface area contributed by atoms with Gasteiger partial charge in [0.25, 0.3) is 5.91 Å². The van der Waals surface area contributed by atoms with Gasteiger partial charge < -0.3 is 14.8 Å². The fourth-order valence-corrected chi connectivity index (χ4v) is 1.77. The van der Waals surface area contributed by atoms with E-state index < -0.39 is 11.9 Å². The molecule has 1 aromatic heterocycles. The van der Waals surface area contributed by atoms with Gasteiger partial charge in [0.15, 0.2) is 6.61 Å². The Balaban J connectivity index is 1.62. The molecule has 0 aliphatic carbocycles. The molecule has 0 unspecified atom stereocenters. The third kappa shape index (κ3) is 5.96. The van der Waals surface area contributed by atoms with Gasteiger partial charge in [-0.2, -0.15) is 0 Å². The Morgan fingerprint density at radius 3 is 2.48 bits per heavy atom. The zero-order chi connectivity index (χ0) is 16.5. The molecule has 120 valence electrons. The number of esters is 1. The molecule has 0 spiro atoms. The van der Waals surface area contributed by atoms with E-state index in [9.17, 15) is 9.59 Å². The third-order valence-corrected chi connectivity index (χ3v) is 3.01. The molecule has 7 heteroatoms. The molecule has 1 heterocycles. The number of amides is 1. The summed E-state index contributed by atoms with van der Waals surface area (Å²) >= 11 is 5.76. The van der Waals surface area contributed by atoms with Crippen molar-refractivity contribution >= 4 is 23.5 Å². The Morgan fingerprint density at radius 1 is 1.09 bits per heavy atom. The predicted molar refractivity (Wildman–Crippen MR) is 84.5 cm³/mol. The minimum Gasteiger partial charge on any atom is -0.492 e. The van der Waals surface area contributed by atoms with E-state index in [1.54, 1.807) is 24.3 Å². The van der Waals surface area contributed by atoms with Gasteiger partial charge in [-0.1, -0.05) is 11.6 Å². The van der Waals surface area contributed by atoms with Crippen LogP contribution >= 0.6 is 11.6 Å². The van der Waals surface area contributed by atoms with Crippen molar-refractivity contribution in [1.29, 1.82) is 0 Å². The van der Waals surface area contributed by atoms with Crippen molar-refractivity contribution in [2.24, 2.45) is 0 Å². The molecule has 1 N–H and O–H groups in total. The Morgan fingerprint density at radius 2 is 1.78 bits per heavy atom. The number of rotatable bonds is 7. The molecule has 0 bridgehead atoms. The Bertz CT molecular complexity index is 647. The number of hydrogen-bond acceptors (Lipinski definition) is 5. The molecule has 0 radical (unpaired) electrons. The first-order valence-corrected chi connectivity index (χ1v) is 7.25. The average molecular weight is 335 g/mol. The van der Waals surface area contributed by atoms with Crippen LogP contribution in [0.15, 0.2) is 48.8 Å². The minimum absolute atomic E-state index is 0.297. The smallest absolute Gasteiger partial charge is 0.338 e. The average Bonchev–Trinajstić information content (AvgIpc) is 2.59. The molecule has 2 rings (SSSR count). The summed E-state index contributed by atoms with van der Waals surface area (Å²) in [4.78, 5) is 27.0. The number of ether oxygens (including phenoxy) is 2. The van der Waals surface area contributed by atoms with Crippen LogP contribution in [0, 0.1) is 0 Å². The molecule has 0 fully saturated rings. The lowest BCUT2D eigenvalue weighted by Gasteiger charge is -2.08. The van der Waals surface area contributed by atoms with Crippen LogP contribution in [0.25, 0.3) is 0 Å². The lowest BCUT2D eigenvalue weighted by molar-refractivity contribution is -0.124. The number of nitrogens with one attached hydrogen (secondary N) is 1. The van der Waals surface area contributed by atoms with Crippen LogP contribution in [-0.4, -0.2) is 36.6 Å². The summed E-state index contributed by atoms with van der Waals surface area (Å²) in [5, 5.41) is 3.22. The Kier molecular flexibility index (Phi) is 6.38. The number of pyridine rings is 1. The van der Waals surface area contributed by atoms with Crippen LogP contribution in [0.2, 0.25) is 5.02 Å². The molecule has 23 heavy (non-hydrogen) atoms. The summed E-state index contributed by atoms with van der Waals surface area (Å²) in [5.74, 6) is -0.306. The van der Waals surface area contributed by atoms with Crippen molar-refractivity contribution in [3.63, 3.8) is 0 Å². The van der Waals surface area contributed by atoms with E-state index in [1.165, 1.54) is 24.5 Å². The highest BCUT2D eigenvalue weighted by Crippen LogP contribution is 2.15. The van der Waals surface area contributed by atoms with Crippen molar-refractivity contribution in [3.8, 4) is 5.75 Å². The van der Waals surface area contributed by atoms with Crippen LogP contribution in [0.5, 0.6) is 5.75 Å². The Labute approximate surface area is 138 Å². The summed E-state index contributed by atoms with van der Waals surface area (Å²) in [6.45, 7) is 0.252. The number of benzene rings is 1. The normalized spacial score (nSPS) is 9.96. The highest BCUT2D eigenvalue weighted by Gasteiger charge is 2.09. The summed E-state index contributed by atoms with van der Waals surface area (Å²) in [6, 6.07) is 9.93. The van der Waals surface area contributed by atoms with Crippen molar-refractivity contribution < 1.29 is 19.1 Å². The molecular weight excluding hydrogens is 320 g/mol. The largest absolute Gasteiger partial charge is 0.492 e. The topological polar surface area (TPSA) is 77.5 Å². The van der Waals surface area contributed by atoms with Gasteiger partial charge in [0, 0.05) is 17.4 Å². The maximum absolute atomic E-state index is 11.6. The SMILES string of the molecule is O=C(COC(=O)c1ccncc1)NCCOc1ccc(Cl)cc1. The van der Waals surface area contributed by atoms with E-state index in [1.807, 2.05) is 0 Å². The van der Waals surface area contributed by atoms with E-state index in [0.29, 0.717) is 29.5 Å². The number of hydrogen-bond donors (Lipinski definition) is 1. The maximum atomic E-state index is 11.6. The van der Waals surface area contributed by atoms with E-state index in [2.05, 4.69) is 10.3 Å². The minimum atomic E-state index is -0.569. The van der Waals surface area contributed by atoms with Gasteiger partial charge in [-0.05, 0) is 36.4 Å². The number of carbonyl (C=O) groups excluding carboxylic acids is 2. The standard InChI is InChI=1S/C16H15ClN2O4/c17-13-1-3-14(4-2-13)22-10-9-19-15(20)11-23-16(21)12-5-7-18-8-6-12/h1-8H,9-11H2,(H,19,20). The molecule has 0 saturated carbocycles. The lowest BCUT2D eigenvalue weighted by atomic mass is 10.3. The highest BCUT2D eigenvalue weighted by molar-refractivity contribution is 6.30. The molecular formula is C16H15ClN2O4. The maximum Gasteiger partial charge on any atom is 0.338 e. The van der Waals surface area contributed by atoms with Crippen molar-refractivity contribution in [1.82, 2.24) is 10.3 Å². The first-order valence-electron chi connectivity index (χ1n) is 6.87. The van der Waals surface area contributed by atoms with E-state index >= 15 is 0 Å². The van der Waals surface area contributed by atoms with Gasteiger partial charge in [0.05, 0.1) is 12.1 Å². The third-order valence-electron chi connectivity index (χ3n) is 2.76. The summed E-state index contributed by atoms with van der Waals surface area (Å²) in [7, 11) is 0. The number of halogens is 1. The quantitative estimate of drug-likeness (QED) is 0.619. The van der Waals surface area contributed by atoms with E-state index in [-0.39, 0.29) is 6.61 Å². The van der Waals surface area contributed by atoms with Crippen LogP contribution in [0.3, 0.4) is 0 Å². The number of aromatic nitrogens is 1. The van der Waals surface area contributed by atoms with Gasteiger partial charge in [0.2, 0.25) is 0 Å². The van der Waals surface area contributed by atoms with Gasteiger partial charge in [-0.25, -0.2) is 4.79 Å². The number of nitrogens with zero attached hydrogens (tertiary/aromatic N) is 1. The molecule has 0 aliphatic heterocycles. The van der Waals surface area contributed by atoms with Crippen LogP contribution in [0.4, 0.5) is 0 Å². The highest BCUT2D eigenvalue weighted by atomic mass is 35.5. The molecule has 0 saturated heterocycles. The lowest BCUT2D eigenvalue weighted by Crippen LogP contribution is -2.32. The molecule has 0 atom stereocenters. The summed E-state index contributed by atoms with van der Waals surface area (Å²) in [6.07, 6.45) is 2.95. The van der Waals surface area contributed by atoms with Crippen molar-refractivity contribution in [3.05, 3.63) is 59.4 Å². The van der Waals surface area contributed by atoms with Crippen LogP contribution in [-0.2, 0) is 9.53 Å². The second-order valence-electron chi connectivity index (χ2n) is 4.46. The fourth-order valence-electron chi connectivity index (χ4n) is 1.64. The zero-order valence-corrected chi connectivity index (χ0v) is 13.0. The van der Waals surface area contributed by atoms with Gasteiger partial charge >= 0.3 is 5.97 Å².